The highest BCUT2D eigenvalue weighted by atomic mass is 19.1. The van der Waals surface area contributed by atoms with Crippen molar-refractivity contribution in [2.45, 2.75) is 27.3 Å². The summed E-state index contributed by atoms with van der Waals surface area (Å²) in [6.07, 6.45) is 1.52. The lowest BCUT2D eigenvalue weighted by molar-refractivity contribution is 0.343. The van der Waals surface area contributed by atoms with Crippen molar-refractivity contribution in [3.05, 3.63) is 58.6 Å². The molecule has 0 aliphatic rings. The Morgan fingerprint density at radius 1 is 1.17 bits per heavy atom. The Bertz CT molecular complexity index is 935. The second kappa shape index (κ2) is 5.30. The molecular weight excluding hydrogens is 300 g/mol. The lowest BCUT2D eigenvalue weighted by Crippen LogP contribution is -2.28. The third-order valence-electron chi connectivity index (χ3n) is 3.47. The first-order valence-electron chi connectivity index (χ1n) is 7.30. The normalized spacial score (nSPS) is 12.0. The number of hydrogen-bond donors (Lipinski definition) is 0. The number of halogens is 2. The van der Waals surface area contributed by atoms with E-state index in [1.807, 2.05) is 20.8 Å². The number of pyridine rings is 1. The van der Waals surface area contributed by atoms with Crippen LogP contribution in [0.3, 0.4) is 0 Å². The molecular formula is C17H17F2N3O. The highest BCUT2D eigenvalue weighted by molar-refractivity contribution is 5.73. The zero-order chi connectivity index (χ0) is 16.8. The van der Waals surface area contributed by atoms with Gasteiger partial charge in [-0.25, -0.2) is 23.1 Å². The summed E-state index contributed by atoms with van der Waals surface area (Å²) in [6.45, 7) is 6.45. The molecule has 6 heteroatoms. The average Bonchev–Trinajstić information content (AvgIpc) is 2.73. The van der Waals surface area contributed by atoms with E-state index in [0.717, 1.165) is 22.8 Å². The quantitative estimate of drug-likeness (QED) is 0.725. The molecule has 2 heterocycles. The molecule has 1 aromatic carbocycles. The molecule has 0 amide bonds. The van der Waals surface area contributed by atoms with Gasteiger partial charge in [0.2, 0.25) is 0 Å². The average molecular weight is 317 g/mol. The lowest BCUT2D eigenvalue weighted by Gasteiger charge is -2.18. The molecule has 0 saturated carbocycles. The van der Waals surface area contributed by atoms with Crippen LogP contribution in [0.1, 0.15) is 20.8 Å². The van der Waals surface area contributed by atoms with Crippen LogP contribution in [0.5, 0.6) is 0 Å². The number of fused-ring (bicyclic) bond motifs is 1. The van der Waals surface area contributed by atoms with E-state index in [1.54, 1.807) is 16.7 Å². The van der Waals surface area contributed by atoms with Crippen molar-refractivity contribution in [2.24, 2.45) is 5.41 Å². The molecule has 120 valence electrons. The van der Waals surface area contributed by atoms with Crippen molar-refractivity contribution in [3.63, 3.8) is 0 Å². The Hall–Kier alpha value is -2.50. The third kappa shape index (κ3) is 2.76. The van der Waals surface area contributed by atoms with Gasteiger partial charge in [0.1, 0.15) is 11.6 Å². The minimum atomic E-state index is -0.672. The van der Waals surface area contributed by atoms with Gasteiger partial charge in [0.25, 0.3) is 0 Å². The fourth-order valence-electron chi connectivity index (χ4n) is 2.59. The summed E-state index contributed by atoms with van der Waals surface area (Å²) >= 11 is 0. The number of rotatable bonds is 2. The van der Waals surface area contributed by atoms with E-state index in [0.29, 0.717) is 17.7 Å². The van der Waals surface area contributed by atoms with Crippen LogP contribution in [-0.2, 0) is 6.54 Å². The van der Waals surface area contributed by atoms with E-state index in [4.69, 9.17) is 0 Å². The predicted molar refractivity (Wildman–Crippen MR) is 84.7 cm³/mol. The van der Waals surface area contributed by atoms with Crippen molar-refractivity contribution in [2.75, 3.05) is 0 Å². The summed E-state index contributed by atoms with van der Waals surface area (Å²) in [5.41, 5.74) is 0.186. The van der Waals surface area contributed by atoms with Gasteiger partial charge in [-0.1, -0.05) is 20.8 Å². The molecule has 0 fully saturated rings. The molecule has 0 bridgehead atoms. The number of hydrogen-bond acceptors (Lipinski definition) is 2. The van der Waals surface area contributed by atoms with E-state index >= 15 is 0 Å². The maximum atomic E-state index is 14.1. The lowest BCUT2D eigenvalue weighted by atomic mass is 9.97. The number of imidazole rings is 1. The van der Waals surface area contributed by atoms with Gasteiger partial charge in [-0.2, -0.15) is 0 Å². The van der Waals surface area contributed by atoms with Crippen LogP contribution in [0.15, 0.2) is 41.3 Å². The molecule has 0 unspecified atom stereocenters. The summed E-state index contributed by atoms with van der Waals surface area (Å²) in [6, 6.07) is 6.50. The Balaban J connectivity index is 2.36. The molecule has 3 rings (SSSR count). The summed E-state index contributed by atoms with van der Waals surface area (Å²) in [5.74, 6) is -1.28. The minimum Gasteiger partial charge on any atom is -0.289 e. The van der Waals surface area contributed by atoms with Crippen LogP contribution in [0, 0.1) is 17.0 Å². The molecule has 3 aromatic rings. The molecule has 0 aliphatic heterocycles. The van der Waals surface area contributed by atoms with Gasteiger partial charge in [-0.3, -0.25) is 4.57 Å². The van der Waals surface area contributed by atoms with Crippen LogP contribution in [-0.4, -0.2) is 14.1 Å². The van der Waals surface area contributed by atoms with E-state index in [1.165, 1.54) is 6.20 Å². The second-order valence-electron chi connectivity index (χ2n) is 6.71. The van der Waals surface area contributed by atoms with Crippen molar-refractivity contribution < 1.29 is 8.78 Å². The summed E-state index contributed by atoms with van der Waals surface area (Å²) in [5, 5.41) is 0. The fraction of sp³-hybridized carbons (Fsp3) is 0.294. The van der Waals surface area contributed by atoms with Gasteiger partial charge in [-0.05, 0) is 29.7 Å². The minimum absolute atomic E-state index is 0.133. The molecule has 0 N–H and O–H groups in total. The molecule has 0 spiro atoms. The monoisotopic (exact) mass is 317 g/mol. The SMILES string of the molecule is CC(C)(C)Cn1c(=O)n(-c2cc(F)ccc2F)c2ncccc21. The Morgan fingerprint density at radius 2 is 1.91 bits per heavy atom. The van der Waals surface area contributed by atoms with Crippen LogP contribution in [0.25, 0.3) is 16.9 Å². The van der Waals surface area contributed by atoms with Crippen LogP contribution in [0.4, 0.5) is 8.78 Å². The van der Waals surface area contributed by atoms with Gasteiger partial charge in [0.05, 0.1) is 11.2 Å². The fourth-order valence-corrected chi connectivity index (χ4v) is 2.59. The predicted octanol–water partition coefficient (Wildman–Crippen LogP) is 3.51. The largest absolute Gasteiger partial charge is 0.335 e. The molecule has 0 saturated heterocycles. The smallest absolute Gasteiger partial charge is 0.289 e. The topological polar surface area (TPSA) is 39.8 Å². The number of nitrogens with zero attached hydrogens (tertiary/aromatic N) is 3. The van der Waals surface area contributed by atoms with E-state index in [2.05, 4.69) is 4.98 Å². The van der Waals surface area contributed by atoms with Crippen molar-refractivity contribution in [3.8, 4) is 5.69 Å². The molecule has 0 radical (unpaired) electrons. The van der Waals surface area contributed by atoms with Gasteiger partial charge in [0.15, 0.2) is 5.65 Å². The van der Waals surface area contributed by atoms with E-state index < -0.39 is 17.3 Å². The highest BCUT2D eigenvalue weighted by Crippen LogP contribution is 2.22. The van der Waals surface area contributed by atoms with Gasteiger partial charge < -0.3 is 0 Å². The number of benzene rings is 1. The first-order valence-corrected chi connectivity index (χ1v) is 7.30. The zero-order valence-electron chi connectivity index (χ0n) is 13.2. The van der Waals surface area contributed by atoms with Crippen LogP contribution in [0.2, 0.25) is 0 Å². The first-order chi connectivity index (χ1) is 10.8. The van der Waals surface area contributed by atoms with E-state index in [-0.39, 0.29) is 11.1 Å². The van der Waals surface area contributed by atoms with Crippen molar-refractivity contribution in [1.82, 2.24) is 14.1 Å². The maximum Gasteiger partial charge on any atom is 0.335 e. The number of aromatic nitrogens is 3. The second-order valence-corrected chi connectivity index (χ2v) is 6.71. The molecule has 0 aliphatic carbocycles. The third-order valence-corrected chi connectivity index (χ3v) is 3.47. The van der Waals surface area contributed by atoms with E-state index in [9.17, 15) is 13.6 Å². The summed E-state index contributed by atoms with van der Waals surface area (Å²) in [7, 11) is 0. The van der Waals surface area contributed by atoms with Gasteiger partial charge in [0, 0.05) is 18.8 Å². The summed E-state index contributed by atoms with van der Waals surface area (Å²) in [4.78, 5) is 17.0. The molecule has 4 nitrogen and oxygen atoms in total. The summed E-state index contributed by atoms with van der Waals surface area (Å²) < 4.78 is 30.4. The Kier molecular flexibility index (Phi) is 3.55. The van der Waals surface area contributed by atoms with Crippen molar-refractivity contribution >= 4 is 11.2 Å². The zero-order valence-corrected chi connectivity index (χ0v) is 13.2. The maximum absolute atomic E-state index is 14.1. The van der Waals surface area contributed by atoms with Crippen LogP contribution < -0.4 is 5.69 Å². The first kappa shape index (κ1) is 15.4. The van der Waals surface area contributed by atoms with Crippen LogP contribution >= 0.6 is 0 Å². The Labute approximate surface area is 132 Å². The van der Waals surface area contributed by atoms with Crippen molar-refractivity contribution in [1.29, 1.82) is 0 Å². The molecule has 0 atom stereocenters. The molecule has 2 aromatic heterocycles. The standard InChI is InChI=1S/C17H17F2N3O/c1-17(2,3)10-21-13-5-4-8-20-15(13)22(16(21)23)14-9-11(18)6-7-12(14)19/h4-9H,10H2,1-3H3. The van der Waals surface area contributed by atoms with Gasteiger partial charge >= 0.3 is 5.69 Å². The Morgan fingerprint density at radius 3 is 2.61 bits per heavy atom. The van der Waals surface area contributed by atoms with Gasteiger partial charge in [-0.15, -0.1) is 0 Å². The highest BCUT2D eigenvalue weighted by Gasteiger charge is 2.21. The molecule has 23 heavy (non-hydrogen) atoms.